The Bertz CT molecular complexity index is 592. The van der Waals surface area contributed by atoms with Crippen molar-refractivity contribution in [2.75, 3.05) is 0 Å². The molecular weight excluding hydrogens is 312 g/mol. The van der Waals surface area contributed by atoms with Gasteiger partial charge < -0.3 is 5.11 Å². The Morgan fingerprint density at radius 3 is 2.58 bits per heavy atom. The molecule has 0 bridgehead atoms. The second kappa shape index (κ2) is 5.08. The zero-order valence-electron chi connectivity index (χ0n) is 10.5. The van der Waals surface area contributed by atoms with Gasteiger partial charge >= 0.3 is 5.97 Å². The molecule has 1 heterocycles. The van der Waals surface area contributed by atoms with Crippen LogP contribution in [-0.4, -0.2) is 31.3 Å². The molecule has 0 saturated heterocycles. The lowest BCUT2D eigenvalue weighted by molar-refractivity contribution is -0.147. The normalized spacial score (nSPS) is 11.5. The predicted molar refractivity (Wildman–Crippen MR) is 72.4 cm³/mol. The molecule has 2 rings (SSSR count). The summed E-state index contributed by atoms with van der Waals surface area (Å²) in [5.41, 5.74) is -0.0890. The van der Waals surface area contributed by atoms with Crippen molar-refractivity contribution in [3.63, 3.8) is 0 Å². The van der Waals surface area contributed by atoms with E-state index in [2.05, 4.69) is 31.5 Å². The molecule has 1 aromatic carbocycles. The molecular formula is C12H13BrN4O2. The van der Waals surface area contributed by atoms with Crippen LogP contribution in [0.5, 0.6) is 0 Å². The number of halogens is 1. The number of carboxylic acid groups (broad SMARTS) is 1. The Balaban J connectivity index is 2.33. The minimum Gasteiger partial charge on any atom is -0.481 e. The molecule has 7 heteroatoms. The first-order chi connectivity index (χ1) is 8.90. The Morgan fingerprint density at radius 2 is 2.00 bits per heavy atom. The second-order valence-electron chi connectivity index (χ2n) is 4.86. The molecule has 19 heavy (non-hydrogen) atoms. The molecule has 6 nitrogen and oxygen atoms in total. The molecule has 0 aliphatic rings. The minimum absolute atomic E-state index is 0.209. The Hall–Kier alpha value is -1.76. The standard InChI is InChI=1S/C12H13BrN4O2/c1-12(2,11(18)19)7-17-10(14-15-16-17)8-3-5-9(13)6-4-8/h3-6H,7H2,1-2H3,(H,18,19). The summed E-state index contributed by atoms with van der Waals surface area (Å²) in [7, 11) is 0. The third kappa shape index (κ3) is 2.98. The van der Waals surface area contributed by atoms with Gasteiger partial charge in [-0.05, 0) is 36.4 Å². The van der Waals surface area contributed by atoms with Crippen molar-refractivity contribution in [3.05, 3.63) is 28.7 Å². The van der Waals surface area contributed by atoms with Gasteiger partial charge in [0.2, 0.25) is 0 Å². The summed E-state index contributed by atoms with van der Waals surface area (Å²) in [6.45, 7) is 3.49. The molecule has 0 fully saturated rings. The maximum atomic E-state index is 11.2. The van der Waals surface area contributed by atoms with E-state index in [1.54, 1.807) is 13.8 Å². The van der Waals surface area contributed by atoms with Gasteiger partial charge in [0, 0.05) is 10.0 Å². The molecule has 2 aromatic rings. The van der Waals surface area contributed by atoms with Crippen molar-refractivity contribution < 1.29 is 9.90 Å². The molecule has 0 saturated carbocycles. The number of aliphatic carboxylic acids is 1. The first kappa shape index (κ1) is 13.7. The largest absolute Gasteiger partial charge is 0.481 e. The zero-order valence-corrected chi connectivity index (χ0v) is 12.1. The highest BCUT2D eigenvalue weighted by molar-refractivity contribution is 9.10. The lowest BCUT2D eigenvalue weighted by atomic mass is 9.94. The smallest absolute Gasteiger partial charge is 0.310 e. The first-order valence-electron chi connectivity index (χ1n) is 5.66. The van der Waals surface area contributed by atoms with Crippen molar-refractivity contribution in [2.24, 2.45) is 5.41 Å². The Kier molecular flexibility index (Phi) is 3.66. The summed E-state index contributed by atoms with van der Waals surface area (Å²) in [5.74, 6) is -0.327. The Labute approximate surface area is 118 Å². The van der Waals surface area contributed by atoms with Crippen LogP contribution in [0.1, 0.15) is 13.8 Å². The fraction of sp³-hybridized carbons (Fsp3) is 0.333. The molecule has 0 aliphatic carbocycles. The van der Waals surface area contributed by atoms with Crippen LogP contribution in [0.2, 0.25) is 0 Å². The van der Waals surface area contributed by atoms with Gasteiger partial charge in [-0.15, -0.1) is 5.10 Å². The molecule has 0 spiro atoms. The van der Waals surface area contributed by atoms with Crippen molar-refractivity contribution in [1.82, 2.24) is 20.2 Å². The van der Waals surface area contributed by atoms with Crippen molar-refractivity contribution >= 4 is 21.9 Å². The summed E-state index contributed by atoms with van der Waals surface area (Å²) < 4.78 is 2.47. The third-order valence-corrected chi connectivity index (χ3v) is 3.29. The van der Waals surface area contributed by atoms with E-state index < -0.39 is 11.4 Å². The number of rotatable bonds is 4. The summed E-state index contributed by atoms with van der Waals surface area (Å²) >= 11 is 3.36. The summed E-state index contributed by atoms with van der Waals surface area (Å²) in [5, 5.41) is 20.6. The van der Waals surface area contributed by atoms with Gasteiger partial charge in [0.1, 0.15) is 0 Å². The van der Waals surface area contributed by atoms with Crippen LogP contribution >= 0.6 is 15.9 Å². The number of hydrogen-bond donors (Lipinski definition) is 1. The predicted octanol–water partition coefficient (Wildman–Crippen LogP) is 2.21. The molecule has 1 aromatic heterocycles. The highest BCUT2D eigenvalue weighted by Crippen LogP contribution is 2.23. The zero-order chi connectivity index (χ0) is 14.0. The van der Waals surface area contributed by atoms with Crippen LogP contribution in [0.15, 0.2) is 28.7 Å². The summed E-state index contributed by atoms with van der Waals surface area (Å²) in [4.78, 5) is 11.2. The maximum Gasteiger partial charge on any atom is 0.310 e. The molecule has 0 atom stereocenters. The number of benzene rings is 1. The van der Waals surface area contributed by atoms with Crippen LogP contribution in [0.3, 0.4) is 0 Å². The topological polar surface area (TPSA) is 80.9 Å². The average Bonchev–Trinajstić information content (AvgIpc) is 2.77. The number of nitrogens with zero attached hydrogens (tertiary/aromatic N) is 4. The third-order valence-electron chi connectivity index (χ3n) is 2.76. The maximum absolute atomic E-state index is 11.2. The highest BCUT2D eigenvalue weighted by atomic mass is 79.9. The molecule has 1 N–H and O–H groups in total. The van der Waals surface area contributed by atoms with Crippen LogP contribution < -0.4 is 0 Å². The van der Waals surface area contributed by atoms with Crippen molar-refractivity contribution in [3.8, 4) is 11.4 Å². The Morgan fingerprint density at radius 1 is 1.37 bits per heavy atom. The number of tetrazole rings is 1. The van der Waals surface area contributed by atoms with E-state index in [4.69, 9.17) is 5.11 Å². The van der Waals surface area contributed by atoms with Crippen LogP contribution in [0.4, 0.5) is 0 Å². The fourth-order valence-corrected chi connectivity index (χ4v) is 1.82. The van der Waals surface area contributed by atoms with Gasteiger partial charge in [-0.3, -0.25) is 4.79 Å². The van der Waals surface area contributed by atoms with Gasteiger partial charge in [0.05, 0.1) is 12.0 Å². The van der Waals surface area contributed by atoms with Gasteiger partial charge in [-0.2, -0.15) is 0 Å². The van der Waals surface area contributed by atoms with E-state index in [-0.39, 0.29) is 6.54 Å². The number of carbonyl (C=O) groups is 1. The first-order valence-corrected chi connectivity index (χ1v) is 6.45. The SMILES string of the molecule is CC(C)(Cn1nnnc1-c1ccc(Br)cc1)C(=O)O. The molecule has 0 amide bonds. The van der Waals surface area contributed by atoms with Gasteiger partial charge in [-0.25, -0.2) is 4.68 Å². The fourth-order valence-electron chi connectivity index (χ4n) is 1.56. The van der Waals surface area contributed by atoms with E-state index >= 15 is 0 Å². The van der Waals surface area contributed by atoms with E-state index in [0.717, 1.165) is 10.0 Å². The molecule has 100 valence electrons. The summed E-state index contributed by atoms with van der Waals surface area (Å²) in [6, 6.07) is 7.52. The van der Waals surface area contributed by atoms with E-state index in [9.17, 15) is 4.79 Å². The van der Waals surface area contributed by atoms with Crippen LogP contribution in [0, 0.1) is 5.41 Å². The lowest BCUT2D eigenvalue weighted by Crippen LogP contribution is -2.30. The van der Waals surface area contributed by atoms with E-state index in [1.807, 2.05) is 24.3 Å². The number of aromatic nitrogens is 4. The average molecular weight is 325 g/mol. The minimum atomic E-state index is -0.931. The number of carboxylic acids is 1. The van der Waals surface area contributed by atoms with Crippen molar-refractivity contribution in [1.29, 1.82) is 0 Å². The molecule has 0 aliphatic heterocycles. The molecule has 0 radical (unpaired) electrons. The highest BCUT2D eigenvalue weighted by Gasteiger charge is 2.29. The van der Waals surface area contributed by atoms with Crippen LogP contribution in [-0.2, 0) is 11.3 Å². The molecule has 0 unspecified atom stereocenters. The van der Waals surface area contributed by atoms with Gasteiger partial charge in [0.25, 0.3) is 0 Å². The van der Waals surface area contributed by atoms with E-state index in [0.29, 0.717) is 5.82 Å². The van der Waals surface area contributed by atoms with Gasteiger partial charge in [-0.1, -0.05) is 28.1 Å². The van der Waals surface area contributed by atoms with Crippen molar-refractivity contribution in [2.45, 2.75) is 20.4 Å². The second-order valence-corrected chi connectivity index (χ2v) is 5.77. The number of hydrogen-bond acceptors (Lipinski definition) is 4. The lowest BCUT2D eigenvalue weighted by Gasteiger charge is -2.19. The summed E-state index contributed by atoms with van der Waals surface area (Å²) in [6.07, 6.45) is 0. The monoisotopic (exact) mass is 324 g/mol. The quantitative estimate of drug-likeness (QED) is 0.932. The van der Waals surface area contributed by atoms with Crippen LogP contribution in [0.25, 0.3) is 11.4 Å². The van der Waals surface area contributed by atoms with E-state index in [1.165, 1.54) is 4.68 Å². The van der Waals surface area contributed by atoms with Gasteiger partial charge in [0.15, 0.2) is 5.82 Å².